The molecule has 34 heavy (non-hydrogen) atoms. The van der Waals surface area contributed by atoms with Gasteiger partial charge in [0, 0.05) is 35.1 Å². The van der Waals surface area contributed by atoms with Crippen molar-refractivity contribution in [3.8, 4) is 6.07 Å². The van der Waals surface area contributed by atoms with Crippen molar-refractivity contribution in [2.24, 2.45) is 0 Å². The lowest BCUT2D eigenvalue weighted by Crippen LogP contribution is -2.20. The molecule has 0 atom stereocenters. The summed E-state index contributed by atoms with van der Waals surface area (Å²) < 4.78 is 28.8. The van der Waals surface area contributed by atoms with Gasteiger partial charge in [-0.3, -0.25) is 9.52 Å². The van der Waals surface area contributed by atoms with Gasteiger partial charge in [0.15, 0.2) is 0 Å². The number of nitrogens with zero attached hydrogens (tertiary/aromatic N) is 3. The van der Waals surface area contributed by atoms with Crippen molar-refractivity contribution in [3.05, 3.63) is 82.4 Å². The second-order valence-corrected chi connectivity index (χ2v) is 10.1. The summed E-state index contributed by atoms with van der Waals surface area (Å²) in [6.07, 6.45) is 4.34. The molecule has 0 spiro atoms. The van der Waals surface area contributed by atoms with E-state index in [-0.39, 0.29) is 38.0 Å². The van der Waals surface area contributed by atoms with Crippen molar-refractivity contribution >= 4 is 44.1 Å². The molecule has 0 aliphatic rings. The fourth-order valence-corrected chi connectivity index (χ4v) is 4.72. The zero-order chi connectivity index (χ0) is 24.7. The van der Waals surface area contributed by atoms with Crippen LogP contribution in [-0.2, 0) is 15.6 Å². The summed E-state index contributed by atoms with van der Waals surface area (Å²) in [5.74, 6) is -0.529. The normalized spacial score (nSPS) is 11.9. The van der Waals surface area contributed by atoms with Crippen LogP contribution in [-0.4, -0.2) is 34.3 Å². The second kappa shape index (κ2) is 8.53. The third-order valence-corrected chi connectivity index (χ3v) is 6.67. The highest BCUT2D eigenvalue weighted by molar-refractivity contribution is 7.92. The van der Waals surface area contributed by atoms with Crippen LogP contribution >= 0.6 is 11.6 Å². The van der Waals surface area contributed by atoms with Gasteiger partial charge in [-0.25, -0.2) is 18.4 Å². The van der Waals surface area contributed by atoms with Gasteiger partial charge in [-0.15, -0.1) is 0 Å². The number of carbonyl (C=O) groups excluding carboxylic acids is 1. The summed E-state index contributed by atoms with van der Waals surface area (Å²) in [6, 6.07) is 10.2. The molecule has 3 N–H and O–H groups in total. The van der Waals surface area contributed by atoms with Gasteiger partial charge in [0.05, 0.1) is 32.8 Å². The van der Waals surface area contributed by atoms with Gasteiger partial charge in [0.1, 0.15) is 11.3 Å². The van der Waals surface area contributed by atoms with Crippen LogP contribution in [0.1, 0.15) is 41.0 Å². The molecule has 1 aromatic carbocycles. The molecule has 11 heteroatoms. The fraction of sp³-hybridized carbons (Fsp3) is 0.130. The highest BCUT2D eigenvalue weighted by Gasteiger charge is 2.26. The van der Waals surface area contributed by atoms with E-state index in [0.717, 1.165) is 0 Å². The summed E-state index contributed by atoms with van der Waals surface area (Å²) in [7, 11) is -4.25. The minimum absolute atomic E-state index is 0.118. The molecule has 0 unspecified atom stereocenters. The second-order valence-electron chi connectivity index (χ2n) is 7.96. The maximum atomic E-state index is 13.3. The first-order valence-corrected chi connectivity index (χ1v) is 11.8. The molecule has 0 bridgehead atoms. The molecule has 0 amide bonds. The monoisotopic (exact) mass is 495 g/mol. The number of hydrogen-bond acceptors (Lipinski definition) is 7. The van der Waals surface area contributed by atoms with Gasteiger partial charge in [-0.2, -0.15) is 5.26 Å². The van der Waals surface area contributed by atoms with Gasteiger partial charge < -0.3 is 10.1 Å². The zero-order valence-corrected chi connectivity index (χ0v) is 19.6. The SMILES string of the molecule is CC(C)(O)c1cc(S(=O)(=O)Nc2cc(Cl)cnc2C(=O)c2ccnc3[nH]ccc23)ccc1C#N. The molecule has 4 aromatic rings. The molecule has 4 rings (SSSR count). The Bertz CT molecular complexity index is 1580. The number of hydrogen-bond donors (Lipinski definition) is 3. The van der Waals surface area contributed by atoms with Gasteiger partial charge >= 0.3 is 0 Å². The zero-order valence-electron chi connectivity index (χ0n) is 18.0. The molecule has 9 nitrogen and oxygen atoms in total. The Kier molecular flexibility index (Phi) is 5.87. The standard InChI is InChI=1S/C23H18ClN5O4S/c1-23(2,31)18-10-15(4-3-13(18)11-25)34(32,33)29-19-9-14(24)12-28-20(19)21(30)16-5-7-26-22-17(16)6-8-27-22/h3-10,12,29,31H,1-2H3,(H,26,27). The third kappa shape index (κ3) is 4.36. The van der Waals surface area contributed by atoms with Crippen molar-refractivity contribution in [1.29, 1.82) is 5.26 Å². The maximum Gasteiger partial charge on any atom is 0.261 e. The number of pyridine rings is 2. The molecule has 0 saturated carbocycles. The first-order valence-electron chi connectivity index (χ1n) is 9.93. The molecule has 172 valence electrons. The van der Waals surface area contributed by atoms with Gasteiger partial charge in [0.2, 0.25) is 5.78 Å². The molecular weight excluding hydrogens is 478 g/mol. The minimum Gasteiger partial charge on any atom is -0.386 e. The van der Waals surface area contributed by atoms with E-state index in [9.17, 15) is 23.6 Å². The number of nitriles is 1. The number of carbonyl (C=O) groups is 1. The Balaban J connectivity index is 1.78. The Morgan fingerprint density at radius 2 is 1.97 bits per heavy atom. The molecule has 0 radical (unpaired) electrons. The largest absolute Gasteiger partial charge is 0.386 e. The van der Waals surface area contributed by atoms with Gasteiger partial charge in [-0.1, -0.05) is 11.6 Å². The quantitative estimate of drug-likeness (QED) is 0.345. The number of sulfonamides is 1. The lowest BCUT2D eigenvalue weighted by Gasteiger charge is -2.20. The van der Waals surface area contributed by atoms with Crippen molar-refractivity contribution in [1.82, 2.24) is 15.0 Å². The molecule has 0 aliphatic heterocycles. The summed E-state index contributed by atoms with van der Waals surface area (Å²) in [4.78, 5) is 24.3. The number of fused-ring (bicyclic) bond motifs is 1. The molecule has 3 heterocycles. The first kappa shape index (κ1) is 23.4. The fourth-order valence-electron chi connectivity index (χ4n) is 3.48. The Morgan fingerprint density at radius 1 is 1.21 bits per heavy atom. The summed E-state index contributed by atoms with van der Waals surface area (Å²) >= 11 is 6.05. The van der Waals surface area contributed by atoms with E-state index in [2.05, 4.69) is 19.7 Å². The van der Waals surface area contributed by atoms with Crippen LogP contribution in [0.4, 0.5) is 5.69 Å². The maximum absolute atomic E-state index is 13.3. The van der Waals surface area contributed by atoms with E-state index in [1.807, 2.05) is 6.07 Å². The van der Waals surface area contributed by atoms with Crippen LogP contribution in [0.3, 0.4) is 0 Å². The summed E-state index contributed by atoms with van der Waals surface area (Å²) in [6.45, 7) is 2.89. The van der Waals surface area contributed by atoms with Crippen LogP contribution in [0.2, 0.25) is 5.02 Å². The number of aromatic nitrogens is 3. The van der Waals surface area contributed by atoms with E-state index in [1.165, 1.54) is 56.6 Å². The first-order chi connectivity index (χ1) is 16.0. The molecular formula is C23H18ClN5O4S. The van der Waals surface area contributed by atoms with E-state index in [0.29, 0.717) is 11.0 Å². The van der Waals surface area contributed by atoms with Crippen LogP contribution < -0.4 is 4.72 Å². The lowest BCUT2D eigenvalue weighted by molar-refractivity contribution is 0.0780. The van der Waals surface area contributed by atoms with Crippen molar-refractivity contribution in [2.45, 2.75) is 24.3 Å². The van der Waals surface area contributed by atoms with E-state index in [1.54, 1.807) is 12.3 Å². The number of aromatic amines is 1. The van der Waals surface area contributed by atoms with Crippen LogP contribution in [0, 0.1) is 11.3 Å². The molecule has 0 fully saturated rings. The summed E-state index contributed by atoms with van der Waals surface area (Å²) in [5, 5.41) is 20.4. The number of ketones is 1. The predicted octanol–water partition coefficient (Wildman–Crippen LogP) is 3.74. The van der Waals surface area contributed by atoms with Gasteiger partial charge in [0.25, 0.3) is 10.0 Å². The Hall–Kier alpha value is -3.78. The number of H-pyrrole nitrogens is 1. The number of anilines is 1. The van der Waals surface area contributed by atoms with Crippen molar-refractivity contribution in [3.63, 3.8) is 0 Å². The number of aliphatic hydroxyl groups is 1. The lowest BCUT2D eigenvalue weighted by atomic mass is 9.94. The number of benzene rings is 1. The number of halogens is 1. The summed E-state index contributed by atoms with van der Waals surface area (Å²) in [5.41, 5.74) is -0.670. The third-order valence-electron chi connectivity index (χ3n) is 5.10. The average molecular weight is 496 g/mol. The van der Waals surface area contributed by atoms with E-state index >= 15 is 0 Å². The molecule has 3 aromatic heterocycles. The van der Waals surface area contributed by atoms with E-state index < -0.39 is 21.4 Å². The van der Waals surface area contributed by atoms with Crippen LogP contribution in [0.5, 0.6) is 0 Å². The molecule has 0 aliphatic carbocycles. The van der Waals surface area contributed by atoms with Gasteiger partial charge in [-0.05, 0) is 50.2 Å². The van der Waals surface area contributed by atoms with E-state index in [4.69, 9.17) is 11.6 Å². The highest BCUT2D eigenvalue weighted by Crippen LogP contribution is 2.29. The molecule has 0 saturated heterocycles. The Labute approximate surface area is 200 Å². The highest BCUT2D eigenvalue weighted by atomic mass is 35.5. The predicted molar refractivity (Wildman–Crippen MR) is 126 cm³/mol. The van der Waals surface area contributed by atoms with Crippen molar-refractivity contribution < 1.29 is 18.3 Å². The number of nitrogens with one attached hydrogen (secondary N) is 2. The number of rotatable bonds is 6. The topological polar surface area (TPSA) is 149 Å². The van der Waals surface area contributed by atoms with Crippen molar-refractivity contribution in [2.75, 3.05) is 4.72 Å². The van der Waals surface area contributed by atoms with Crippen LogP contribution in [0.25, 0.3) is 11.0 Å². The smallest absolute Gasteiger partial charge is 0.261 e. The Morgan fingerprint density at radius 3 is 2.68 bits per heavy atom. The average Bonchev–Trinajstić information content (AvgIpc) is 3.26. The van der Waals surface area contributed by atoms with Crippen LogP contribution in [0.15, 0.2) is 59.9 Å². The minimum atomic E-state index is -4.25.